The van der Waals surface area contributed by atoms with Gasteiger partial charge in [0.1, 0.15) is 0 Å². The topological polar surface area (TPSA) is 63.8 Å². The van der Waals surface area contributed by atoms with Crippen molar-refractivity contribution in [2.45, 2.75) is 20.8 Å². The number of nitrogens with one attached hydrogen (secondary N) is 1. The fourth-order valence-electron chi connectivity index (χ4n) is 0.852. The van der Waals surface area contributed by atoms with Crippen LogP contribution in [0.1, 0.15) is 17.1 Å². The van der Waals surface area contributed by atoms with E-state index in [0.29, 0.717) is 5.82 Å². The molecule has 0 aliphatic rings. The highest BCUT2D eigenvalue weighted by molar-refractivity contribution is 5.39. The summed E-state index contributed by atoms with van der Waals surface area (Å²) in [7, 11) is 0. The van der Waals surface area contributed by atoms with Gasteiger partial charge >= 0.3 is 0 Å². The van der Waals surface area contributed by atoms with Crippen molar-refractivity contribution in [1.29, 1.82) is 0 Å². The standard InChI is InChI=1S/C7H12N4/c1-4-5(2)10-7(11-8)6(3)9-4/h8H2,1-3H3,(H,10,11). The minimum Gasteiger partial charge on any atom is -0.307 e. The van der Waals surface area contributed by atoms with Crippen LogP contribution in [-0.4, -0.2) is 9.97 Å². The van der Waals surface area contributed by atoms with Gasteiger partial charge in [-0.05, 0) is 20.8 Å². The SMILES string of the molecule is Cc1nc(C)c(NN)nc1C. The molecule has 1 aromatic heterocycles. The maximum Gasteiger partial charge on any atom is 0.161 e. The van der Waals surface area contributed by atoms with Crippen molar-refractivity contribution in [3.63, 3.8) is 0 Å². The van der Waals surface area contributed by atoms with Crippen LogP contribution in [0, 0.1) is 20.8 Å². The number of hydrogen-bond acceptors (Lipinski definition) is 4. The Morgan fingerprint density at radius 1 is 1.00 bits per heavy atom. The molecule has 1 heterocycles. The Hall–Kier alpha value is -1.16. The largest absolute Gasteiger partial charge is 0.307 e. The Bertz CT molecular complexity index is 269. The van der Waals surface area contributed by atoms with Crippen molar-refractivity contribution >= 4 is 5.82 Å². The Labute approximate surface area is 65.8 Å². The lowest BCUT2D eigenvalue weighted by Crippen LogP contribution is -2.12. The molecule has 0 atom stereocenters. The first-order valence-corrected chi connectivity index (χ1v) is 3.43. The molecule has 3 N–H and O–H groups in total. The summed E-state index contributed by atoms with van der Waals surface area (Å²) in [4.78, 5) is 8.43. The first-order valence-electron chi connectivity index (χ1n) is 3.43. The molecule has 0 saturated carbocycles. The van der Waals surface area contributed by atoms with Crippen LogP contribution in [0.4, 0.5) is 5.82 Å². The van der Waals surface area contributed by atoms with Gasteiger partial charge in [-0.25, -0.2) is 10.8 Å². The molecule has 4 heteroatoms. The maximum atomic E-state index is 5.22. The lowest BCUT2D eigenvalue weighted by Gasteiger charge is -2.05. The van der Waals surface area contributed by atoms with Gasteiger partial charge in [-0.1, -0.05) is 0 Å². The maximum absolute atomic E-state index is 5.22. The van der Waals surface area contributed by atoms with Gasteiger partial charge in [0.15, 0.2) is 5.82 Å². The van der Waals surface area contributed by atoms with Gasteiger partial charge in [0.2, 0.25) is 0 Å². The van der Waals surface area contributed by atoms with Crippen LogP contribution in [0.3, 0.4) is 0 Å². The molecular weight excluding hydrogens is 140 g/mol. The van der Waals surface area contributed by atoms with Gasteiger partial charge in [0.25, 0.3) is 0 Å². The highest BCUT2D eigenvalue weighted by atomic mass is 15.3. The molecule has 0 amide bonds. The molecular formula is C7H12N4. The summed E-state index contributed by atoms with van der Waals surface area (Å²) >= 11 is 0. The van der Waals surface area contributed by atoms with E-state index in [1.54, 1.807) is 0 Å². The van der Waals surface area contributed by atoms with Crippen molar-refractivity contribution in [3.05, 3.63) is 17.1 Å². The van der Waals surface area contributed by atoms with Crippen molar-refractivity contribution in [2.75, 3.05) is 5.43 Å². The third-order valence-electron chi connectivity index (χ3n) is 1.62. The van der Waals surface area contributed by atoms with Crippen LogP contribution in [0.5, 0.6) is 0 Å². The number of aryl methyl sites for hydroxylation is 3. The summed E-state index contributed by atoms with van der Waals surface area (Å²) in [5, 5.41) is 0. The highest BCUT2D eigenvalue weighted by Gasteiger charge is 2.01. The normalized spacial score (nSPS) is 9.82. The van der Waals surface area contributed by atoms with E-state index in [-0.39, 0.29) is 0 Å². The number of hydrogen-bond donors (Lipinski definition) is 2. The van der Waals surface area contributed by atoms with E-state index < -0.39 is 0 Å². The molecule has 4 nitrogen and oxygen atoms in total. The monoisotopic (exact) mass is 152 g/mol. The lowest BCUT2D eigenvalue weighted by atomic mass is 10.3. The van der Waals surface area contributed by atoms with Crippen LogP contribution in [-0.2, 0) is 0 Å². The Morgan fingerprint density at radius 2 is 1.55 bits per heavy atom. The highest BCUT2D eigenvalue weighted by Crippen LogP contribution is 2.09. The van der Waals surface area contributed by atoms with Gasteiger partial charge in [-0.3, -0.25) is 4.98 Å². The summed E-state index contributed by atoms with van der Waals surface area (Å²) in [5.41, 5.74) is 5.17. The van der Waals surface area contributed by atoms with Crippen LogP contribution >= 0.6 is 0 Å². The fraction of sp³-hybridized carbons (Fsp3) is 0.429. The zero-order chi connectivity index (χ0) is 8.43. The lowest BCUT2D eigenvalue weighted by molar-refractivity contribution is 0.995. The summed E-state index contributed by atoms with van der Waals surface area (Å²) in [6, 6.07) is 0. The quantitative estimate of drug-likeness (QED) is 0.459. The Balaban J connectivity index is 3.21. The summed E-state index contributed by atoms with van der Waals surface area (Å²) in [6.07, 6.45) is 0. The van der Waals surface area contributed by atoms with Crippen molar-refractivity contribution in [3.8, 4) is 0 Å². The van der Waals surface area contributed by atoms with Gasteiger partial charge in [0, 0.05) is 0 Å². The molecule has 1 aromatic rings. The third-order valence-corrected chi connectivity index (χ3v) is 1.62. The molecule has 0 fully saturated rings. The van der Waals surface area contributed by atoms with Crippen LogP contribution < -0.4 is 11.3 Å². The van der Waals surface area contributed by atoms with E-state index in [4.69, 9.17) is 5.84 Å². The molecule has 0 aliphatic carbocycles. The molecule has 0 saturated heterocycles. The molecule has 0 radical (unpaired) electrons. The summed E-state index contributed by atoms with van der Waals surface area (Å²) in [6.45, 7) is 5.70. The Morgan fingerprint density at radius 3 is 2.09 bits per heavy atom. The summed E-state index contributed by atoms with van der Waals surface area (Å²) < 4.78 is 0. The van der Waals surface area contributed by atoms with Crippen molar-refractivity contribution in [1.82, 2.24) is 9.97 Å². The van der Waals surface area contributed by atoms with Crippen LogP contribution in [0.2, 0.25) is 0 Å². The van der Waals surface area contributed by atoms with E-state index in [1.165, 1.54) is 0 Å². The smallest absolute Gasteiger partial charge is 0.161 e. The number of rotatable bonds is 1. The summed E-state index contributed by atoms with van der Waals surface area (Å²) in [5.74, 6) is 5.86. The first-order chi connectivity index (χ1) is 5.15. The molecule has 0 bridgehead atoms. The zero-order valence-electron chi connectivity index (χ0n) is 6.97. The molecule has 0 spiro atoms. The van der Waals surface area contributed by atoms with Gasteiger partial charge < -0.3 is 5.43 Å². The number of anilines is 1. The first kappa shape index (κ1) is 7.94. The van der Waals surface area contributed by atoms with E-state index in [0.717, 1.165) is 17.1 Å². The molecule has 1 rings (SSSR count). The second kappa shape index (κ2) is 2.84. The fourth-order valence-corrected chi connectivity index (χ4v) is 0.852. The van der Waals surface area contributed by atoms with Gasteiger partial charge in [0.05, 0.1) is 17.1 Å². The minimum atomic E-state index is 0.646. The second-order valence-corrected chi connectivity index (χ2v) is 2.47. The predicted molar refractivity (Wildman–Crippen MR) is 44.1 cm³/mol. The van der Waals surface area contributed by atoms with Crippen molar-refractivity contribution < 1.29 is 0 Å². The predicted octanol–water partition coefficient (Wildman–Crippen LogP) is 0.687. The van der Waals surface area contributed by atoms with E-state index in [1.807, 2.05) is 20.8 Å². The average molecular weight is 152 g/mol. The van der Waals surface area contributed by atoms with Crippen molar-refractivity contribution in [2.24, 2.45) is 5.84 Å². The van der Waals surface area contributed by atoms with E-state index >= 15 is 0 Å². The van der Waals surface area contributed by atoms with E-state index in [9.17, 15) is 0 Å². The molecule has 11 heavy (non-hydrogen) atoms. The Kier molecular flexibility index (Phi) is 2.05. The van der Waals surface area contributed by atoms with Gasteiger partial charge in [-0.15, -0.1) is 0 Å². The molecule has 60 valence electrons. The second-order valence-electron chi connectivity index (χ2n) is 2.47. The number of nitrogen functional groups attached to an aromatic ring is 1. The zero-order valence-corrected chi connectivity index (χ0v) is 6.97. The van der Waals surface area contributed by atoms with Crippen LogP contribution in [0.15, 0.2) is 0 Å². The number of nitrogens with two attached hydrogens (primary N) is 1. The number of nitrogens with zero attached hydrogens (tertiary/aromatic N) is 2. The molecule has 0 aliphatic heterocycles. The minimum absolute atomic E-state index is 0.646. The number of hydrazine groups is 1. The van der Waals surface area contributed by atoms with E-state index in [2.05, 4.69) is 15.4 Å². The molecule has 0 unspecified atom stereocenters. The third kappa shape index (κ3) is 1.46. The number of aromatic nitrogens is 2. The van der Waals surface area contributed by atoms with Crippen LogP contribution in [0.25, 0.3) is 0 Å². The average Bonchev–Trinajstić information content (AvgIpc) is 1.97. The molecule has 0 aromatic carbocycles. The van der Waals surface area contributed by atoms with Gasteiger partial charge in [-0.2, -0.15) is 0 Å².